The zero-order valence-corrected chi connectivity index (χ0v) is 19.3. The smallest absolute Gasteiger partial charge is 0.175 e. The molecule has 0 saturated carbocycles. The highest BCUT2D eigenvalue weighted by atomic mass is 35.5. The fourth-order valence-electron chi connectivity index (χ4n) is 3.38. The second-order valence-corrected chi connectivity index (χ2v) is 9.62. The molecule has 0 fully saturated rings. The van der Waals surface area contributed by atoms with Gasteiger partial charge in [-0.2, -0.15) is 5.10 Å². The average molecular weight is 469 g/mol. The highest BCUT2D eigenvalue weighted by molar-refractivity contribution is 7.90. The molecular weight excluding hydrogens is 448 g/mol. The van der Waals surface area contributed by atoms with Gasteiger partial charge in [-0.1, -0.05) is 23.7 Å². The second kappa shape index (κ2) is 8.68. The van der Waals surface area contributed by atoms with Crippen LogP contribution in [0.3, 0.4) is 0 Å². The van der Waals surface area contributed by atoms with Gasteiger partial charge in [0.15, 0.2) is 9.84 Å². The van der Waals surface area contributed by atoms with E-state index in [1.165, 1.54) is 6.26 Å². The first kappa shape index (κ1) is 21.9. The Hall–Kier alpha value is -3.29. The van der Waals surface area contributed by atoms with Crippen LogP contribution in [0.5, 0.6) is 11.5 Å². The second-order valence-electron chi connectivity index (χ2n) is 7.17. The Balaban J connectivity index is 1.89. The molecular formula is C24H21ClN2O4S. The lowest BCUT2D eigenvalue weighted by molar-refractivity contribution is 0.395. The van der Waals surface area contributed by atoms with E-state index >= 15 is 0 Å². The molecule has 8 heteroatoms. The molecule has 0 saturated heterocycles. The Kier molecular flexibility index (Phi) is 5.95. The van der Waals surface area contributed by atoms with E-state index in [1.54, 1.807) is 49.2 Å². The predicted octanol–water partition coefficient (Wildman–Crippen LogP) is 5.28. The third-order valence-corrected chi connectivity index (χ3v) is 6.42. The van der Waals surface area contributed by atoms with E-state index in [1.807, 2.05) is 42.5 Å². The van der Waals surface area contributed by atoms with Crippen LogP contribution in [-0.2, 0) is 9.84 Å². The lowest BCUT2D eigenvalue weighted by Crippen LogP contribution is -2.01. The van der Waals surface area contributed by atoms with Crippen molar-refractivity contribution in [3.63, 3.8) is 0 Å². The van der Waals surface area contributed by atoms with Crippen molar-refractivity contribution in [2.75, 3.05) is 20.5 Å². The van der Waals surface area contributed by atoms with Crippen molar-refractivity contribution in [3.05, 3.63) is 77.8 Å². The van der Waals surface area contributed by atoms with Crippen LogP contribution in [-0.4, -0.2) is 38.7 Å². The van der Waals surface area contributed by atoms with Crippen LogP contribution in [0, 0.1) is 0 Å². The van der Waals surface area contributed by atoms with E-state index in [0.717, 1.165) is 22.5 Å². The molecule has 1 aromatic heterocycles. The van der Waals surface area contributed by atoms with Gasteiger partial charge in [0.2, 0.25) is 0 Å². The third kappa shape index (κ3) is 4.35. The Morgan fingerprint density at radius 2 is 1.56 bits per heavy atom. The topological polar surface area (TPSA) is 70.4 Å². The zero-order chi connectivity index (χ0) is 22.9. The summed E-state index contributed by atoms with van der Waals surface area (Å²) in [5.41, 5.74) is 3.95. The van der Waals surface area contributed by atoms with Crippen molar-refractivity contribution in [2.45, 2.75) is 4.90 Å². The van der Waals surface area contributed by atoms with Crippen molar-refractivity contribution in [3.8, 4) is 39.7 Å². The monoisotopic (exact) mass is 468 g/mol. The van der Waals surface area contributed by atoms with Gasteiger partial charge in [0.25, 0.3) is 0 Å². The summed E-state index contributed by atoms with van der Waals surface area (Å²) < 4.78 is 36.3. The van der Waals surface area contributed by atoms with E-state index in [-0.39, 0.29) is 4.90 Å². The Bertz CT molecular complexity index is 1360. The molecule has 6 nitrogen and oxygen atoms in total. The SMILES string of the molecule is COc1ccc(-c2cc(-c3ccc(Cl)cc3)n(-c3ccc(S(C)(=O)=O)cc3)n2)c(OC)c1. The van der Waals surface area contributed by atoms with Gasteiger partial charge in [0, 0.05) is 28.5 Å². The minimum atomic E-state index is -3.29. The number of sulfone groups is 1. The van der Waals surface area contributed by atoms with E-state index in [2.05, 4.69) is 0 Å². The van der Waals surface area contributed by atoms with Crippen molar-refractivity contribution in [1.82, 2.24) is 9.78 Å². The highest BCUT2D eigenvalue weighted by Crippen LogP contribution is 2.36. The zero-order valence-electron chi connectivity index (χ0n) is 17.7. The van der Waals surface area contributed by atoms with Gasteiger partial charge >= 0.3 is 0 Å². The van der Waals surface area contributed by atoms with Crippen LogP contribution in [0.4, 0.5) is 0 Å². The summed E-state index contributed by atoms with van der Waals surface area (Å²) in [5.74, 6) is 1.31. The molecule has 1 heterocycles. The molecule has 4 aromatic rings. The van der Waals surface area contributed by atoms with Gasteiger partial charge < -0.3 is 9.47 Å². The Morgan fingerprint density at radius 1 is 0.875 bits per heavy atom. The van der Waals surface area contributed by atoms with Crippen molar-refractivity contribution in [1.29, 1.82) is 0 Å². The molecule has 0 atom stereocenters. The van der Waals surface area contributed by atoms with E-state index in [4.69, 9.17) is 26.2 Å². The molecule has 0 aliphatic heterocycles. The minimum Gasteiger partial charge on any atom is -0.497 e. The Labute approximate surface area is 191 Å². The summed E-state index contributed by atoms with van der Waals surface area (Å²) >= 11 is 6.08. The molecule has 0 aliphatic rings. The highest BCUT2D eigenvalue weighted by Gasteiger charge is 2.17. The normalized spacial score (nSPS) is 11.4. The number of ether oxygens (including phenoxy) is 2. The molecule has 0 radical (unpaired) electrons. The lowest BCUT2D eigenvalue weighted by Gasteiger charge is -2.09. The van der Waals surface area contributed by atoms with Gasteiger partial charge in [-0.05, 0) is 54.6 Å². The number of aromatic nitrogens is 2. The number of hydrogen-bond donors (Lipinski definition) is 0. The van der Waals surface area contributed by atoms with Crippen LogP contribution < -0.4 is 9.47 Å². The Morgan fingerprint density at radius 3 is 2.16 bits per heavy atom. The summed E-state index contributed by atoms with van der Waals surface area (Å²) in [7, 11) is -0.0993. The summed E-state index contributed by atoms with van der Waals surface area (Å²) in [6, 6.07) is 21.6. The standard InChI is InChI=1S/C24H21ClN2O4S/c1-30-19-10-13-21(24(14-19)31-2)22-15-23(16-4-6-17(25)7-5-16)27(26-22)18-8-11-20(12-9-18)32(3,28)29/h4-15H,1-3H3. The van der Waals surface area contributed by atoms with Gasteiger partial charge in [-0.15, -0.1) is 0 Å². The minimum absolute atomic E-state index is 0.249. The summed E-state index contributed by atoms with van der Waals surface area (Å²) in [6.45, 7) is 0. The maximum atomic E-state index is 11.9. The molecule has 164 valence electrons. The fraction of sp³-hybridized carbons (Fsp3) is 0.125. The van der Waals surface area contributed by atoms with Gasteiger partial charge in [-0.3, -0.25) is 0 Å². The molecule has 0 spiro atoms. The molecule has 0 amide bonds. The van der Waals surface area contributed by atoms with Gasteiger partial charge in [0.05, 0.1) is 36.2 Å². The van der Waals surface area contributed by atoms with Crippen LogP contribution in [0.25, 0.3) is 28.2 Å². The first-order chi connectivity index (χ1) is 15.3. The van der Waals surface area contributed by atoms with Crippen LogP contribution in [0.1, 0.15) is 0 Å². The molecule has 0 aliphatic carbocycles. The molecule has 0 unspecified atom stereocenters. The molecule has 32 heavy (non-hydrogen) atoms. The van der Waals surface area contributed by atoms with Crippen LogP contribution in [0.2, 0.25) is 5.02 Å². The number of rotatable bonds is 6. The summed E-state index contributed by atoms with van der Waals surface area (Å²) in [6.07, 6.45) is 1.18. The largest absolute Gasteiger partial charge is 0.497 e. The van der Waals surface area contributed by atoms with Crippen molar-refractivity contribution < 1.29 is 17.9 Å². The third-order valence-electron chi connectivity index (χ3n) is 5.04. The fourth-order valence-corrected chi connectivity index (χ4v) is 4.14. The number of methoxy groups -OCH3 is 2. The van der Waals surface area contributed by atoms with Gasteiger partial charge in [-0.25, -0.2) is 13.1 Å². The lowest BCUT2D eigenvalue weighted by atomic mass is 10.1. The van der Waals surface area contributed by atoms with Crippen LogP contribution in [0.15, 0.2) is 77.7 Å². The number of nitrogens with zero attached hydrogens (tertiary/aromatic N) is 2. The van der Waals surface area contributed by atoms with E-state index in [0.29, 0.717) is 22.2 Å². The summed E-state index contributed by atoms with van der Waals surface area (Å²) in [4.78, 5) is 0.249. The van der Waals surface area contributed by atoms with Crippen LogP contribution >= 0.6 is 11.6 Å². The first-order valence-electron chi connectivity index (χ1n) is 9.69. The first-order valence-corrected chi connectivity index (χ1v) is 12.0. The number of halogens is 1. The maximum Gasteiger partial charge on any atom is 0.175 e. The van der Waals surface area contributed by atoms with E-state index in [9.17, 15) is 8.42 Å². The van der Waals surface area contributed by atoms with Crippen molar-refractivity contribution >= 4 is 21.4 Å². The maximum absolute atomic E-state index is 11.9. The quantitative estimate of drug-likeness (QED) is 0.385. The number of benzene rings is 3. The molecule has 0 N–H and O–H groups in total. The predicted molar refractivity (Wildman–Crippen MR) is 126 cm³/mol. The molecule has 4 rings (SSSR count). The summed E-state index contributed by atoms with van der Waals surface area (Å²) in [5, 5.41) is 5.45. The molecule has 0 bridgehead atoms. The molecule has 3 aromatic carbocycles. The van der Waals surface area contributed by atoms with Gasteiger partial charge in [0.1, 0.15) is 11.5 Å². The number of hydrogen-bond acceptors (Lipinski definition) is 5. The average Bonchev–Trinajstić information content (AvgIpc) is 3.23. The van der Waals surface area contributed by atoms with E-state index < -0.39 is 9.84 Å². The van der Waals surface area contributed by atoms with Crippen molar-refractivity contribution in [2.24, 2.45) is 0 Å².